The number of halogens is 3. The van der Waals surface area contributed by atoms with E-state index >= 15 is 0 Å². The molecule has 4 rings (SSSR count). The Labute approximate surface area is 169 Å². The minimum absolute atomic E-state index is 0.0558. The maximum Gasteiger partial charge on any atom is 0.274 e. The van der Waals surface area contributed by atoms with Gasteiger partial charge in [0.25, 0.3) is 5.91 Å². The summed E-state index contributed by atoms with van der Waals surface area (Å²) in [4.78, 5) is 26.4. The van der Waals surface area contributed by atoms with E-state index in [-0.39, 0.29) is 27.6 Å². The van der Waals surface area contributed by atoms with Gasteiger partial charge in [-0.1, -0.05) is 11.6 Å². The van der Waals surface area contributed by atoms with E-state index in [1.54, 1.807) is 18.8 Å². The summed E-state index contributed by atoms with van der Waals surface area (Å²) in [5.41, 5.74) is 1.73. The highest BCUT2D eigenvalue weighted by Gasteiger charge is 2.29. The number of pyridine rings is 1. The molecular weight excluding hydrogens is 408 g/mol. The van der Waals surface area contributed by atoms with Gasteiger partial charge in [-0.2, -0.15) is 5.10 Å². The zero-order valence-electron chi connectivity index (χ0n) is 15.1. The van der Waals surface area contributed by atoms with E-state index in [1.165, 1.54) is 11.1 Å². The number of nitrogens with one attached hydrogen (secondary N) is 1. The minimum Gasteiger partial charge on any atom is -0.343 e. The van der Waals surface area contributed by atoms with Crippen molar-refractivity contribution < 1.29 is 9.18 Å². The number of carbonyl (C=O) groups is 1. The lowest BCUT2D eigenvalue weighted by atomic mass is 10.0. The van der Waals surface area contributed by atoms with Crippen molar-refractivity contribution in [2.45, 2.75) is 19.5 Å². The molecule has 0 saturated heterocycles. The number of nitrogens with zero attached hydrogens (tertiary/aromatic N) is 6. The smallest absolute Gasteiger partial charge is 0.274 e. The Morgan fingerprint density at radius 1 is 1.32 bits per heavy atom. The van der Waals surface area contributed by atoms with Gasteiger partial charge in [-0.05, 0) is 24.6 Å². The molecule has 3 aromatic heterocycles. The van der Waals surface area contributed by atoms with Crippen molar-refractivity contribution in [3.8, 4) is 11.3 Å². The van der Waals surface area contributed by atoms with Crippen molar-refractivity contribution in [2.75, 3.05) is 20.6 Å². The minimum atomic E-state index is -0.790. The van der Waals surface area contributed by atoms with E-state index in [0.29, 0.717) is 29.7 Å². The molecule has 0 spiro atoms. The first-order valence-electron chi connectivity index (χ1n) is 8.58. The van der Waals surface area contributed by atoms with E-state index in [4.69, 9.17) is 23.2 Å². The monoisotopic (exact) mass is 423 g/mol. The van der Waals surface area contributed by atoms with Crippen LogP contribution < -0.4 is 5.32 Å². The summed E-state index contributed by atoms with van der Waals surface area (Å²) in [7, 11) is 3.28. The molecule has 1 N–H and O–H groups in total. The third-order valence-corrected chi connectivity index (χ3v) is 4.97. The molecule has 0 atom stereocenters. The standard InChI is InChI=1S/C17H16Cl2FN7O/c1-26(2)16(28)14-10(9-7-21-4-3-5-27(9)25-14)12-8-6-22-15(18)11(20)13(8)24-17(19)23-12/h6,21H,3-5,7H2,1-2H3. The molecule has 0 saturated carbocycles. The Morgan fingerprint density at radius 2 is 2.11 bits per heavy atom. The molecule has 1 aliphatic heterocycles. The lowest BCUT2D eigenvalue weighted by Gasteiger charge is -2.12. The van der Waals surface area contributed by atoms with Gasteiger partial charge in [-0.15, -0.1) is 0 Å². The fourth-order valence-electron chi connectivity index (χ4n) is 3.23. The van der Waals surface area contributed by atoms with Crippen LogP contribution in [0.15, 0.2) is 6.20 Å². The third kappa shape index (κ3) is 3.09. The second-order valence-electron chi connectivity index (χ2n) is 6.59. The molecule has 4 heterocycles. The number of hydrogen-bond acceptors (Lipinski definition) is 6. The van der Waals surface area contributed by atoms with Crippen LogP contribution in [0.4, 0.5) is 4.39 Å². The Kier molecular flexibility index (Phi) is 4.90. The summed E-state index contributed by atoms with van der Waals surface area (Å²) < 4.78 is 16.3. The van der Waals surface area contributed by atoms with Crippen LogP contribution in [0.3, 0.4) is 0 Å². The second-order valence-corrected chi connectivity index (χ2v) is 7.29. The molecule has 1 aliphatic rings. The maximum absolute atomic E-state index is 14.5. The van der Waals surface area contributed by atoms with Crippen LogP contribution in [-0.4, -0.2) is 56.2 Å². The average Bonchev–Trinajstić information content (AvgIpc) is 2.85. The van der Waals surface area contributed by atoms with Gasteiger partial charge in [0.1, 0.15) is 5.52 Å². The summed E-state index contributed by atoms with van der Waals surface area (Å²) in [6.07, 6.45) is 2.24. The van der Waals surface area contributed by atoms with Crippen molar-refractivity contribution >= 4 is 40.0 Å². The van der Waals surface area contributed by atoms with E-state index in [1.807, 2.05) is 0 Å². The number of aryl methyl sites for hydroxylation is 1. The zero-order valence-corrected chi connectivity index (χ0v) is 16.6. The molecule has 28 heavy (non-hydrogen) atoms. The van der Waals surface area contributed by atoms with Crippen LogP contribution in [0, 0.1) is 5.82 Å². The van der Waals surface area contributed by atoms with E-state index < -0.39 is 5.82 Å². The van der Waals surface area contributed by atoms with Gasteiger partial charge in [-0.25, -0.2) is 19.3 Å². The molecule has 1 amide bonds. The van der Waals surface area contributed by atoms with Gasteiger partial charge in [0.05, 0.1) is 17.0 Å². The van der Waals surface area contributed by atoms with Crippen LogP contribution >= 0.6 is 23.2 Å². The van der Waals surface area contributed by atoms with Crippen LogP contribution in [-0.2, 0) is 13.1 Å². The molecule has 3 aromatic rings. The van der Waals surface area contributed by atoms with Crippen LogP contribution in [0.5, 0.6) is 0 Å². The normalized spacial score (nSPS) is 14.0. The molecule has 0 unspecified atom stereocenters. The number of amides is 1. The SMILES string of the molecule is CN(C)C(=O)c1nn2c(c1-c1nc(Cl)nc3c(F)c(Cl)ncc13)CNCCC2. The number of rotatable bonds is 2. The molecule has 0 aromatic carbocycles. The first-order chi connectivity index (χ1) is 13.4. The number of carbonyl (C=O) groups excluding carboxylic acids is 1. The molecule has 8 nitrogen and oxygen atoms in total. The van der Waals surface area contributed by atoms with Crippen molar-refractivity contribution in [3.63, 3.8) is 0 Å². The lowest BCUT2D eigenvalue weighted by Crippen LogP contribution is -2.23. The highest BCUT2D eigenvalue weighted by atomic mass is 35.5. The van der Waals surface area contributed by atoms with Crippen LogP contribution in [0.25, 0.3) is 22.2 Å². The van der Waals surface area contributed by atoms with Crippen molar-refractivity contribution in [3.05, 3.63) is 33.8 Å². The largest absolute Gasteiger partial charge is 0.343 e. The van der Waals surface area contributed by atoms with Crippen molar-refractivity contribution in [1.82, 2.24) is 34.9 Å². The summed E-state index contributed by atoms with van der Waals surface area (Å²) in [6, 6.07) is 0. The first kappa shape index (κ1) is 19.0. The molecule has 0 fully saturated rings. The first-order valence-corrected chi connectivity index (χ1v) is 9.33. The van der Waals surface area contributed by atoms with E-state index in [2.05, 4.69) is 25.4 Å². The van der Waals surface area contributed by atoms with Gasteiger partial charge in [0.2, 0.25) is 5.28 Å². The molecule has 0 bridgehead atoms. The van der Waals surface area contributed by atoms with E-state index in [0.717, 1.165) is 18.7 Å². The van der Waals surface area contributed by atoms with Crippen LogP contribution in [0.2, 0.25) is 10.4 Å². The predicted octanol–water partition coefficient (Wildman–Crippen LogP) is 2.53. The number of fused-ring (bicyclic) bond motifs is 2. The Hall–Kier alpha value is -2.36. The second kappa shape index (κ2) is 7.23. The highest BCUT2D eigenvalue weighted by Crippen LogP contribution is 2.35. The zero-order chi connectivity index (χ0) is 20.0. The van der Waals surface area contributed by atoms with Crippen molar-refractivity contribution in [2.24, 2.45) is 0 Å². The highest BCUT2D eigenvalue weighted by molar-refractivity contribution is 6.31. The summed E-state index contributed by atoms with van der Waals surface area (Å²) in [5, 5.41) is 7.67. The van der Waals surface area contributed by atoms with Gasteiger partial charge >= 0.3 is 0 Å². The lowest BCUT2D eigenvalue weighted by molar-refractivity contribution is 0.0821. The number of aromatic nitrogens is 5. The van der Waals surface area contributed by atoms with Gasteiger partial charge < -0.3 is 10.2 Å². The van der Waals surface area contributed by atoms with Gasteiger partial charge in [-0.3, -0.25) is 9.48 Å². The molecular formula is C17H16Cl2FN7O. The van der Waals surface area contributed by atoms with Gasteiger partial charge in [0, 0.05) is 38.8 Å². The summed E-state index contributed by atoms with van der Waals surface area (Å²) in [6.45, 7) is 1.94. The summed E-state index contributed by atoms with van der Waals surface area (Å²) >= 11 is 11.9. The Balaban J connectivity index is 2.08. The van der Waals surface area contributed by atoms with E-state index in [9.17, 15) is 9.18 Å². The topological polar surface area (TPSA) is 88.8 Å². The fourth-order valence-corrected chi connectivity index (χ4v) is 3.54. The number of hydrogen-bond donors (Lipinski definition) is 1. The quantitative estimate of drug-likeness (QED) is 0.503. The van der Waals surface area contributed by atoms with Crippen LogP contribution in [0.1, 0.15) is 22.6 Å². The molecule has 11 heteroatoms. The Morgan fingerprint density at radius 3 is 2.86 bits per heavy atom. The average molecular weight is 424 g/mol. The maximum atomic E-state index is 14.5. The molecule has 0 radical (unpaired) electrons. The van der Waals surface area contributed by atoms with Gasteiger partial charge in [0.15, 0.2) is 16.7 Å². The Bertz CT molecular complexity index is 1100. The molecule has 0 aliphatic carbocycles. The summed E-state index contributed by atoms with van der Waals surface area (Å²) in [5.74, 6) is -1.08. The molecule has 146 valence electrons. The predicted molar refractivity (Wildman–Crippen MR) is 103 cm³/mol. The fraction of sp³-hybridized carbons (Fsp3) is 0.353. The third-order valence-electron chi connectivity index (χ3n) is 4.53. The van der Waals surface area contributed by atoms with Crippen molar-refractivity contribution in [1.29, 1.82) is 0 Å².